The summed E-state index contributed by atoms with van der Waals surface area (Å²) in [6.07, 6.45) is 6.19. The smallest absolute Gasteiger partial charge is 0.213 e. The van der Waals surface area contributed by atoms with E-state index in [1.54, 1.807) is 19.4 Å². The van der Waals surface area contributed by atoms with Gasteiger partial charge in [-0.2, -0.15) is 0 Å². The van der Waals surface area contributed by atoms with Gasteiger partial charge in [0.2, 0.25) is 5.88 Å². The van der Waals surface area contributed by atoms with Gasteiger partial charge in [0.25, 0.3) is 0 Å². The standard InChI is InChI=1S/C16H26N2O3/c1-12-3-6-15(7-4-12)21-11-14(19)10-17-13-5-8-16(20-2)18-9-13/h5,8-9,12,14-15,17,19H,3-4,6-7,10-11H2,1-2H3. The summed E-state index contributed by atoms with van der Waals surface area (Å²) in [7, 11) is 1.59. The van der Waals surface area contributed by atoms with Gasteiger partial charge < -0.3 is 19.9 Å². The maximum Gasteiger partial charge on any atom is 0.213 e. The molecule has 0 bridgehead atoms. The number of ether oxygens (including phenoxy) is 2. The van der Waals surface area contributed by atoms with Gasteiger partial charge >= 0.3 is 0 Å². The van der Waals surface area contributed by atoms with E-state index in [0.717, 1.165) is 24.4 Å². The summed E-state index contributed by atoms with van der Waals surface area (Å²) in [5.41, 5.74) is 0.862. The summed E-state index contributed by atoms with van der Waals surface area (Å²) in [4.78, 5) is 4.10. The van der Waals surface area contributed by atoms with Crippen molar-refractivity contribution in [1.29, 1.82) is 0 Å². The number of hydrogen-bond acceptors (Lipinski definition) is 5. The van der Waals surface area contributed by atoms with Gasteiger partial charge in [0.15, 0.2) is 0 Å². The van der Waals surface area contributed by atoms with E-state index in [1.807, 2.05) is 6.07 Å². The zero-order chi connectivity index (χ0) is 15.1. The molecule has 1 unspecified atom stereocenters. The van der Waals surface area contributed by atoms with Crippen LogP contribution in [0, 0.1) is 5.92 Å². The minimum atomic E-state index is -0.508. The topological polar surface area (TPSA) is 63.6 Å². The van der Waals surface area contributed by atoms with Gasteiger partial charge in [-0.05, 0) is 37.7 Å². The number of anilines is 1. The monoisotopic (exact) mass is 294 g/mol. The second-order valence-electron chi connectivity index (χ2n) is 5.84. The van der Waals surface area contributed by atoms with Crippen LogP contribution >= 0.6 is 0 Å². The molecule has 0 amide bonds. The van der Waals surface area contributed by atoms with E-state index in [-0.39, 0.29) is 0 Å². The van der Waals surface area contributed by atoms with E-state index in [1.165, 1.54) is 12.8 Å². The summed E-state index contributed by atoms with van der Waals surface area (Å²) in [5, 5.41) is 13.1. The van der Waals surface area contributed by atoms with E-state index in [2.05, 4.69) is 17.2 Å². The molecule has 5 nitrogen and oxygen atoms in total. The molecule has 5 heteroatoms. The molecular formula is C16H26N2O3. The Kier molecular flexibility index (Phi) is 6.26. The first-order valence-corrected chi connectivity index (χ1v) is 7.71. The summed E-state index contributed by atoms with van der Waals surface area (Å²) in [6, 6.07) is 3.66. The number of aliphatic hydroxyl groups is 1. The van der Waals surface area contributed by atoms with Crippen molar-refractivity contribution in [2.45, 2.75) is 44.8 Å². The molecule has 1 saturated carbocycles. The first kappa shape index (κ1) is 16.0. The molecule has 0 radical (unpaired) electrons. The first-order valence-electron chi connectivity index (χ1n) is 7.71. The summed E-state index contributed by atoms with van der Waals surface area (Å²) in [6.45, 7) is 3.13. The van der Waals surface area contributed by atoms with Crippen molar-refractivity contribution in [2.24, 2.45) is 5.92 Å². The van der Waals surface area contributed by atoms with Crippen molar-refractivity contribution in [2.75, 3.05) is 25.6 Å². The van der Waals surface area contributed by atoms with Crippen molar-refractivity contribution in [3.8, 4) is 5.88 Å². The Hall–Kier alpha value is -1.33. The van der Waals surface area contributed by atoms with E-state index < -0.39 is 6.10 Å². The third-order valence-corrected chi connectivity index (χ3v) is 3.97. The molecule has 0 aromatic carbocycles. The fourth-order valence-corrected chi connectivity index (χ4v) is 2.54. The zero-order valence-corrected chi connectivity index (χ0v) is 12.9. The highest BCUT2D eigenvalue weighted by molar-refractivity contribution is 5.42. The van der Waals surface area contributed by atoms with Crippen molar-refractivity contribution in [1.82, 2.24) is 4.98 Å². The molecule has 1 aromatic heterocycles. The van der Waals surface area contributed by atoms with Crippen LogP contribution in [0.5, 0.6) is 5.88 Å². The second kappa shape index (κ2) is 8.20. The number of nitrogens with one attached hydrogen (secondary N) is 1. The van der Waals surface area contributed by atoms with E-state index in [9.17, 15) is 5.11 Å². The Morgan fingerprint density at radius 1 is 1.33 bits per heavy atom. The maximum absolute atomic E-state index is 9.96. The Labute approximate surface area is 126 Å². The number of nitrogens with zero attached hydrogens (tertiary/aromatic N) is 1. The average molecular weight is 294 g/mol. The van der Waals surface area contributed by atoms with Crippen LogP contribution in [0.2, 0.25) is 0 Å². The Morgan fingerprint density at radius 3 is 2.71 bits per heavy atom. The average Bonchev–Trinajstić information content (AvgIpc) is 2.53. The van der Waals surface area contributed by atoms with Crippen molar-refractivity contribution in [3.05, 3.63) is 18.3 Å². The molecule has 1 aromatic rings. The number of methoxy groups -OCH3 is 1. The van der Waals surface area contributed by atoms with Gasteiger partial charge in [0.1, 0.15) is 0 Å². The number of aliphatic hydroxyl groups excluding tert-OH is 1. The maximum atomic E-state index is 9.96. The van der Waals surface area contributed by atoms with E-state index >= 15 is 0 Å². The minimum absolute atomic E-state index is 0.318. The molecule has 0 aliphatic heterocycles. The van der Waals surface area contributed by atoms with Crippen molar-refractivity contribution >= 4 is 5.69 Å². The Morgan fingerprint density at radius 2 is 2.10 bits per heavy atom. The van der Waals surface area contributed by atoms with Crippen LogP contribution in [-0.2, 0) is 4.74 Å². The molecule has 21 heavy (non-hydrogen) atoms. The predicted octanol–water partition coefficient (Wildman–Crippen LogP) is 2.46. The van der Waals surface area contributed by atoms with Crippen LogP contribution in [0.25, 0.3) is 0 Å². The van der Waals surface area contributed by atoms with Crippen molar-refractivity contribution < 1.29 is 14.6 Å². The van der Waals surface area contributed by atoms with E-state index in [0.29, 0.717) is 25.1 Å². The lowest BCUT2D eigenvalue weighted by atomic mass is 9.89. The van der Waals surface area contributed by atoms with Crippen LogP contribution in [-0.4, -0.2) is 42.6 Å². The predicted molar refractivity (Wildman–Crippen MR) is 82.7 cm³/mol. The van der Waals surface area contributed by atoms with Crippen molar-refractivity contribution in [3.63, 3.8) is 0 Å². The third kappa shape index (κ3) is 5.52. The molecule has 1 fully saturated rings. The van der Waals surface area contributed by atoms with Gasteiger partial charge in [0.05, 0.1) is 37.8 Å². The molecule has 118 valence electrons. The van der Waals surface area contributed by atoms with Gasteiger partial charge in [-0.3, -0.25) is 0 Å². The lowest BCUT2D eigenvalue weighted by Crippen LogP contribution is -2.29. The zero-order valence-electron chi connectivity index (χ0n) is 12.9. The lowest BCUT2D eigenvalue weighted by molar-refractivity contribution is -0.0245. The first-order chi connectivity index (χ1) is 10.2. The highest BCUT2D eigenvalue weighted by Crippen LogP contribution is 2.25. The SMILES string of the molecule is COc1ccc(NCC(O)COC2CCC(C)CC2)cn1. The summed E-state index contributed by atoms with van der Waals surface area (Å²) in [5.74, 6) is 1.40. The molecule has 2 rings (SSSR count). The van der Waals surface area contributed by atoms with Gasteiger partial charge in [0, 0.05) is 12.6 Å². The number of pyridine rings is 1. The van der Waals surface area contributed by atoms with Crippen LogP contribution in [0.1, 0.15) is 32.6 Å². The fourth-order valence-electron chi connectivity index (χ4n) is 2.54. The van der Waals surface area contributed by atoms with Crippen LogP contribution in [0.4, 0.5) is 5.69 Å². The molecule has 1 atom stereocenters. The minimum Gasteiger partial charge on any atom is -0.481 e. The molecule has 1 aliphatic carbocycles. The Bertz CT molecular complexity index is 402. The highest BCUT2D eigenvalue weighted by Gasteiger charge is 2.19. The van der Waals surface area contributed by atoms with Crippen LogP contribution < -0.4 is 10.1 Å². The molecule has 1 aliphatic rings. The molecule has 2 N–H and O–H groups in total. The highest BCUT2D eigenvalue weighted by atomic mass is 16.5. The van der Waals surface area contributed by atoms with Crippen LogP contribution in [0.15, 0.2) is 18.3 Å². The van der Waals surface area contributed by atoms with Gasteiger partial charge in [-0.1, -0.05) is 6.92 Å². The molecular weight excluding hydrogens is 268 g/mol. The van der Waals surface area contributed by atoms with Crippen LogP contribution in [0.3, 0.4) is 0 Å². The lowest BCUT2D eigenvalue weighted by Gasteiger charge is -2.27. The number of aromatic nitrogens is 1. The normalized spacial score (nSPS) is 23.6. The second-order valence-corrected chi connectivity index (χ2v) is 5.84. The largest absolute Gasteiger partial charge is 0.481 e. The molecule has 0 saturated heterocycles. The number of hydrogen-bond donors (Lipinski definition) is 2. The fraction of sp³-hybridized carbons (Fsp3) is 0.688. The Balaban J connectivity index is 1.63. The van der Waals surface area contributed by atoms with Gasteiger partial charge in [-0.25, -0.2) is 4.98 Å². The quantitative estimate of drug-likeness (QED) is 0.809. The van der Waals surface area contributed by atoms with Gasteiger partial charge in [-0.15, -0.1) is 0 Å². The summed E-state index contributed by atoms with van der Waals surface area (Å²) < 4.78 is 10.8. The molecule has 0 spiro atoms. The number of rotatable bonds is 7. The van der Waals surface area contributed by atoms with E-state index in [4.69, 9.17) is 9.47 Å². The summed E-state index contributed by atoms with van der Waals surface area (Å²) >= 11 is 0. The third-order valence-electron chi connectivity index (χ3n) is 3.97. The molecule has 1 heterocycles.